The predicted octanol–water partition coefficient (Wildman–Crippen LogP) is 2.28. The van der Waals surface area contributed by atoms with Gasteiger partial charge in [0.05, 0.1) is 22.1 Å². The molecule has 0 aliphatic carbocycles. The summed E-state index contributed by atoms with van der Waals surface area (Å²) in [6.45, 7) is 1.72. The molecule has 1 unspecified atom stereocenters. The van der Waals surface area contributed by atoms with Crippen LogP contribution in [0.15, 0.2) is 23.1 Å². The number of rotatable bonds is 4. The minimum absolute atomic E-state index is 0. The second kappa shape index (κ2) is 8.16. The molecule has 1 fully saturated rings. The van der Waals surface area contributed by atoms with Gasteiger partial charge in [0.15, 0.2) is 0 Å². The number of nitrogens with zero attached hydrogens (tertiary/aromatic N) is 1. The lowest BCUT2D eigenvalue weighted by atomic mass is 10.0. The number of benzene rings is 1. The molecule has 0 saturated carbocycles. The van der Waals surface area contributed by atoms with Crippen molar-refractivity contribution in [1.82, 2.24) is 10.0 Å². The highest BCUT2D eigenvalue weighted by Gasteiger charge is 2.35. The summed E-state index contributed by atoms with van der Waals surface area (Å²) in [4.78, 5) is -0.493. The minimum Gasteiger partial charge on any atom is -0.316 e. The Hall–Kier alpha value is -1.34. The second-order valence-corrected chi connectivity index (χ2v) is 7.15. The number of piperidine rings is 1. The fourth-order valence-corrected chi connectivity index (χ4v) is 3.57. The summed E-state index contributed by atoms with van der Waals surface area (Å²) in [5.41, 5.74) is -1.85. The smallest absolute Gasteiger partial charge is 0.316 e. The van der Waals surface area contributed by atoms with Crippen molar-refractivity contribution in [2.24, 2.45) is 5.92 Å². The van der Waals surface area contributed by atoms with Crippen LogP contribution in [0.4, 0.5) is 13.2 Å². The average Bonchev–Trinajstić information content (AvgIpc) is 2.52. The Labute approximate surface area is 144 Å². The van der Waals surface area contributed by atoms with Crippen molar-refractivity contribution in [3.8, 4) is 6.07 Å². The normalized spacial score (nSPS) is 18.5. The van der Waals surface area contributed by atoms with Crippen LogP contribution in [0.25, 0.3) is 0 Å². The van der Waals surface area contributed by atoms with Crippen molar-refractivity contribution in [1.29, 1.82) is 5.26 Å². The lowest BCUT2D eigenvalue weighted by molar-refractivity contribution is -0.137. The summed E-state index contributed by atoms with van der Waals surface area (Å²) in [7, 11) is -4.05. The first-order chi connectivity index (χ1) is 10.7. The summed E-state index contributed by atoms with van der Waals surface area (Å²) in [5.74, 6) is 0.110. The molecule has 1 aromatic carbocycles. The van der Waals surface area contributed by atoms with Crippen LogP contribution in [0.3, 0.4) is 0 Å². The molecule has 0 spiro atoms. The van der Waals surface area contributed by atoms with Crippen LogP contribution in [-0.4, -0.2) is 28.1 Å². The third kappa shape index (κ3) is 5.08. The second-order valence-electron chi connectivity index (χ2n) is 5.38. The van der Waals surface area contributed by atoms with Crippen LogP contribution < -0.4 is 10.0 Å². The van der Waals surface area contributed by atoms with Gasteiger partial charge in [0.2, 0.25) is 10.0 Å². The Bertz CT molecular complexity index is 711. The van der Waals surface area contributed by atoms with E-state index in [1.165, 1.54) is 6.07 Å². The van der Waals surface area contributed by atoms with Crippen molar-refractivity contribution in [3.05, 3.63) is 29.3 Å². The summed E-state index contributed by atoms with van der Waals surface area (Å²) in [6, 6.07) is 3.80. The van der Waals surface area contributed by atoms with Gasteiger partial charge in [-0.1, -0.05) is 0 Å². The molecule has 0 radical (unpaired) electrons. The number of nitrogens with one attached hydrogen (secondary N) is 2. The van der Waals surface area contributed by atoms with E-state index in [-0.39, 0.29) is 24.9 Å². The molecule has 1 aliphatic heterocycles. The fraction of sp³-hybridized carbons (Fsp3) is 0.500. The highest BCUT2D eigenvalue weighted by atomic mass is 35.5. The van der Waals surface area contributed by atoms with Crippen molar-refractivity contribution in [3.63, 3.8) is 0 Å². The third-order valence-electron chi connectivity index (χ3n) is 3.69. The first-order valence-electron chi connectivity index (χ1n) is 7.06. The monoisotopic (exact) mass is 383 g/mol. The summed E-state index contributed by atoms with van der Waals surface area (Å²) in [6.07, 6.45) is -3.00. The zero-order valence-electron chi connectivity index (χ0n) is 12.6. The lowest BCUT2D eigenvalue weighted by Gasteiger charge is -2.23. The molecule has 1 heterocycles. The number of sulfonamides is 1. The maximum absolute atomic E-state index is 12.9. The Morgan fingerprint density at radius 3 is 2.62 bits per heavy atom. The lowest BCUT2D eigenvalue weighted by Crippen LogP contribution is -2.38. The fourth-order valence-electron chi connectivity index (χ4n) is 2.43. The molecule has 24 heavy (non-hydrogen) atoms. The largest absolute Gasteiger partial charge is 0.417 e. The van der Waals surface area contributed by atoms with Gasteiger partial charge in [0.1, 0.15) is 0 Å². The summed E-state index contributed by atoms with van der Waals surface area (Å²) >= 11 is 0. The van der Waals surface area contributed by atoms with E-state index in [0.29, 0.717) is 12.6 Å². The van der Waals surface area contributed by atoms with Crippen molar-refractivity contribution in [2.75, 3.05) is 19.6 Å². The van der Waals surface area contributed by atoms with Gasteiger partial charge in [-0.2, -0.15) is 18.4 Å². The van der Waals surface area contributed by atoms with Gasteiger partial charge in [-0.05, 0) is 50.0 Å². The standard InChI is InChI=1S/C14H16F3N3O2S.ClH/c15-14(16,17)13-6-12(4-3-11(13)7-18)23(21,22)20-9-10-2-1-5-19-8-10;/h3-4,6,10,19-20H,1-2,5,8-9H2;1H. The van der Waals surface area contributed by atoms with E-state index in [2.05, 4.69) is 10.0 Å². The zero-order valence-corrected chi connectivity index (χ0v) is 14.2. The van der Waals surface area contributed by atoms with Crippen LogP contribution in [0.1, 0.15) is 24.0 Å². The zero-order chi connectivity index (χ0) is 17.1. The van der Waals surface area contributed by atoms with Gasteiger partial charge in [0, 0.05) is 6.54 Å². The number of halogens is 4. The van der Waals surface area contributed by atoms with E-state index >= 15 is 0 Å². The highest BCUT2D eigenvalue weighted by Crippen LogP contribution is 2.33. The molecule has 5 nitrogen and oxygen atoms in total. The first kappa shape index (κ1) is 20.7. The molecule has 0 aromatic heterocycles. The molecule has 10 heteroatoms. The van der Waals surface area contributed by atoms with Gasteiger partial charge in [-0.15, -0.1) is 12.4 Å². The van der Waals surface area contributed by atoms with Gasteiger partial charge in [-0.25, -0.2) is 13.1 Å². The molecule has 1 aromatic rings. The van der Waals surface area contributed by atoms with E-state index in [1.54, 1.807) is 0 Å². The first-order valence-corrected chi connectivity index (χ1v) is 8.54. The average molecular weight is 384 g/mol. The Morgan fingerprint density at radius 1 is 1.38 bits per heavy atom. The molecule has 1 aliphatic rings. The SMILES string of the molecule is Cl.N#Cc1ccc(S(=O)(=O)NCC2CCCNC2)cc1C(F)(F)F. The van der Waals surface area contributed by atoms with Gasteiger partial charge in [-0.3, -0.25) is 0 Å². The molecule has 1 atom stereocenters. The van der Waals surface area contributed by atoms with E-state index in [1.807, 2.05) is 0 Å². The van der Waals surface area contributed by atoms with Crippen LogP contribution in [0.2, 0.25) is 0 Å². The van der Waals surface area contributed by atoms with E-state index in [4.69, 9.17) is 5.26 Å². The van der Waals surface area contributed by atoms with Crippen LogP contribution in [-0.2, 0) is 16.2 Å². The summed E-state index contributed by atoms with van der Waals surface area (Å²) < 4.78 is 65.4. The Morgan fingerprint density at radius 2 is 2.08 bits per heavy atom. The van der Waals surface area contributed by atoms with Gasteiger partial charge >= 0.3 is 6.18 Å². The number of hydrogen-bond acceptors (Lipinski definition) is 4. The van der Waals surface area contributed by atoms with Crippen molar-refractivity contribution < 1.29 is 21.6 Å². The molecule has 2 rings (SSSR count). The minimum atomic E-state index is -4.79. The van der Waals surface area contributed by atoms with Crippen LogP contribution in [0, 0.1) is 17.2 Å². The van der Waals surface area contributed by atoms with E-state index < -0.39 is 32.2 Å². The van der Waals surface area contributed by atoms with Gasteiger partial charge in [0.25, 0.3) is 0 Å². The van der Waals surface area contributed by atoms with Crippen molar-refractivity contribution in [2.45, 2.75) is 23.9 Å². The van der Waals surface area contributed by atoms with Gasteiger partial charge < -0.3 is 5.32 Å². The maximum atomic E-state index is 12.9. The third-order valence-corrected chi connectivity index (χ3v) is 5.11. The maximum Gasteiger partial charge on any atom is 0.417 e. The predicted molar refractivity (Wildman–Crippen MR) is 84.2 cm³/mol. The highest BCUT2D eigenvalue weighted by molar-refractivity contribution is 7.89. The van der Waals surface area contributed by atoms with Crippen LogP contribution >= 0.6 is 12.4 Å². The van der Waals surface area contributed by atoms with Crippen LogP contribution in [0.5, 0.6) is 0 Å². The van der Waals surface area contributed by atoms with E-state index in [9.17, 15) is 21.6 Å². The molecule has 134 valence electrons. The Balaban J connectivity index is 0.00000288. The number of hydrogen-bond donors (Lipinski definition) is 2. The number of nitriles is 1. The Kier molecular flexibility index (Phi) is 7.04. The van der Waals surface area contributed by atoms with E-state index in [0.717, 1.165) is 31.5 Å². The topological polar surface area (TPSA) is 82.0 Å². The molecule has 0 bridgehead atoms. The molecule has 1 saturated heterocycles. The van der Waals surface area contributed by atoms with Crippen molar-refractivity contribution >= 4 is 22.4 Å². The molecular weight excluding hydrogens is 367 g/mol. The molecular formula is C14H17ClF3N3O2S. The molecule has 0 amide bonds. The quantitative estimate of drug-likeness (QED) is 0.835. The number of alkyl halides is 3. The summed E-state index contributed by atoms with van der Waals surface area (Å²) in [5, 5.41) is 11.9. The molecule has 2 N–H and O–H groups in total.